The molecule has 2 fully saturated rings. The minimum atomic E-state index is -0.0212. The third-order valence-electron chi connectivity index (χ3n) is 5.64. The van der Waals surface area contributed by atoms with E-state index in [1.54, 1.807) is 0 Å². The van der Waals surface area contributed by atoms with Crippen LogP contribution in [0, 0.1) is 5.92 Å². The number of rotatable bonds is 7. The van der Waals surface area contributed by atoms with Gasteiger partial charge in [0, 0.05) is 25.7 Å². The van der Waals surface area contributed by atoms with Gasteiger partial charge in [-0.3, -0.25) is 4.79 Å². The van der Waals surface area contributed by atoms with Crippen molar-refractivity contribution < 1.29 is 19.0 Å². The van der Waals surface area contributed by atoms with Gasteiger partial charge in [-0.05, 0) is 44.6 Å². The lowest BCUT2D eigenvalue weighted by Gasteiger charge is -2.36. The molecule has 1 aromatic heterocycles. The molecule has 2 atom stereocenters. The fourth-order valence-electron chi connectivity index (χ4n) is 4.20. The number of ether oxygens (including phenoxy) is 3. The van der Waals surface area contributed by atoms with E-state index in [2.05, 4.69) is 15.2 Å². The summed E-state index contributed by atoms with van der Waals surface area (Å²) in [6, 6.07) is 2.57. The maximum atomic E-state index is 11.0. The summed E-state index contributed by atoms with van der Waals surface area (Å²) in [5.41, 5.74) is 1.12. The Labute approximate surface area is 160 Å². The Bertz CT molecular complexity index is 677. The number of pyridine rings is 1. The molecule has 1 unspecified atom stereocenters. The second kappa shape index (κ2) is 7.92. The van der Waals surface area contributed by atoms with Crippen molar-refractivity contribution in [2.75, 3.05) is 31.3 Å². The molecule has 1 saturated heterocycles. The first-order valence-electron chi connectivity index (χ1n) is 10.00. The van der Waals surface area contributed by atoms with Crippen molar-refractivity contribution in [3.63, 3.8) is 0 Å². The van der Waals surface area contributed by atoms with Gasteiger partial charge in [0.15, 0.2) is 0 Å². The van der Waals surface area contributed by atoms with Gasteiger partial charge in [0.1, 0.15) is 6.61 Å². The van der Waals surface area contributed by atoms with Crippen molar-refractivity contribution in [3.05, 3.63) is 12.3 Å². The fourth-order valence-corrected chi connectivity index (χ4v) is 4.20. The highest BCUT2D eigenvalue weighted by Crippen LogP contribution is 2.43. The van der Waals surface area contributed by atoms with E-state index in [9.17, 15) is 4.79 Å². The van der Waals surface area contributed by atoms with E-state index >= 15 is 0 Å². The number of carbonyl (C=O) groups excluding carboxylic acids is 1. The zero-order valence-corrected chi connectivity index (χ0v) is 16.1. The van der Waals surface area contributed by atoms with Gasteiger partial charge in [-0.15, -0.1) is 0 Å². The summed E-state index contributed by atoms with van der Waals surface area (Å²) in [6.45, 7) is 6.48. The largest absolute Gasteiger partial charge is 0.484 e. The molecule has 1 amide bonds. The minimum absolute atomic E-state index is 0.0212. The molecule has 0 bridgehead atoms. The zero-order valence-electron chi connectivity index (χ0n) is 16.1. The third kappa shape index (κ3) is 4.13. The predicted octanol–water partition coefficient (Wildman–Crippen LogP) is 2.14. The van der Waals surface area contributed by atoms with Crippen LogP contribution in [0.15, 0.2) is 12.3 Å². The van der Waals surface area contributed by atoms with Crippen LogP contribution < -0.4 is 19.7 Å². The van der Waals surface area contributed by atoms with Crippen molar-refractivity contribution in [1.29, 1.82) is 0 Å². The molecule has 1 aliphatic carbocycles. The summed E-state index contributed by atoms with van der Waals surface area (Å²) in [7, 11) is 0. The van der Waals surface area contributed by atoms with Crippen LogP contribution in [0.3, 0.4) is 0 Å². The van der Waals surface area contributed by atoms with Gasteiger partial charge < -0.3 is 24.4 Å². The molecule has 148 valence electrons. The average molecular weight is 375 g/mol. The normalized spacial score (nSPS) is 27.0. The number of fused-ring (bicyclic) bond motifs is 3. The number of aromatic nitrogens is 1. The van der Waals surface area contributed by atoms with E-state index < -0.39 is 0 Å². The van der Waals surface area contributed by atoms with Gasteiger partial charge in [0.05, 0.1) is 31.0 Å². The van der Waals surface area contributed by atoms with Crippen LogP contribution >= 0.6 is 0 Å². The number of nitrogens with one attached hydrogen (secondary N) is 1. The Balaban J connectivity index is 1.23. The lowest BCUT2D eigenvalue weighted by atomic mass is 9.83. The highest BCUT2D eigenvalue weighted by molar-refractivity contribution is 5.73. The Morgan fingerprint density at radius 2 is 2.33 bits per heavy atom. The van der Waals surface area contributed by atoms with Crippen LogP contribution in [-0.2, 0) is 9.53 Å². The van der Waals surface area contributed by atoms with E-state index in [1.807, 2.05) is 19.2 Å². The summed E-state index contributed by atoms with van der Waals surface area (Å²) >= 11 is 0. The smallest absolute Gasteiger partial charge is 0.259 e. The molecule has 3 heterocycles. The van der Waals surface area contributed by atoms with E-state index in [0.717, 1.165) is 37.4 Å². The van der Waals surface area contributed by atoms with Crippen LogP contribution in [0.5, 0.6) is 11.6 Å². The van der Waals surface area contributed by atoms with E-state index in [1.165, 1.54) is 19.8 Å². The van der Waals surface area contributed by atoms with Crippen LogP contribution in [0.2, 0.25) is 0 Å². The Kier molecular flexibility index (Phi) is 5.38. The van der Waals surface area contributed by atoms with Gasteiger partial charge in [-0.2, -0.15) is 0 Å². The van der Waals surface area contributed by atoms with Crippen molar-refractivity contribution >= 4 is 11.6 Å². The van der Waals surface area contributed by atoms with E-state index in [4.69, 9.17) is 14.2 Å². The van der Waals surface area contributed by atoms with Crippen LogP contribution in [0.4, 0.5) is 5.69 Å². The van der Waals surface area contributed by atoms with Crippen molar-refractivity contribution in [2.24, 2.45) is 5.92 Å². The van der Waals surface area contributed by atoms with E-state index in [-0.39, 0.29) is 18.1 Å². The number of carbonyl (C=O) groups is 1. The average Bonchev–Trinajstić information content (AvgIpc) is 3.08. The molecule has 1 N–H and O–H groups in total. The summed E-state index contributed by atoms with van der Waals surface area (Å²) in [6.07, 6.45) is 6.45. The standard InChI is InChI=1S/C20H29N3O4/c1-13(22-14(2)24)10-25-17-8-15(9-17)11-27-20-19-18(5-6-21-20)23-7-3-4-16(23)12-26-19/h5-6,13,15-17H,3-4,7-12H2,1-2H3,(H,22,24)/t13-,15-,16?,17-/m0/s1. The monoisotopic (exact) mass is 375 g/mol. The zero-order chi connectivity index (χ0) is 18.8. The molecule has 7 nitrogen and oxygen atoms in total. The maximum Gasteiger partial charge on any atom is 0.259 e. The van der Waals surface area contributed by atoms with Crippen LogP contribution in [-0.4, -0.2) is 55.4 Å². The molecule has 0 spiro atoms. The molecule has 1 aromatic rings. The summed E-state index contributed by atoms with van der Waals surface area (Å²) in [4.78, 5) is 17.8. The Hall–Kier alpha value is -2.02. The highest BCUT2D eigenvalue weighted by Gasteiger charge is 2.35. The molecule has 27 heavy (non-hydrogen) atoms. The number of anilines is 1. The van der Waals surface area contributed by atoms with E-state index in [0.29, 0.717) is 31.1 Å². The van der Waals surface area contributed by atoms with Crippen LogP contribution in [0.25, 0.3) is 0 Å². The quantitative estimate of drug-likeness (QED) is 0.787. The molecule has 2 aliphatic heterocycles. The molecule has 0 aromatic carbocycles. The minimum Gasteiger partial charge on any atom is -0.484 e. The predicted molar refractivity (Wildman–Crippen MR) is 101 cm³/mol. The third-order valence-corrected chi connectivity index (χ3v) is 5.64. The lowest BCUT2D eigenvalue weighted by Crippen LogP contribution is -2.40. The molecule has 7 heteroatoms. The van der Waals surface area contributed by atoms with Gasteiger partial charge in [-0.25, -0.2) is 4.98 Å². The fraction of sp³-hybridized carbons (Fsp3) is 0.700. The molecule has 1 saturated carbocycles. The molecular weight excluding hydrogens is 346 g/mol. The van der Waals surface area contributed by atoms with Gasteiger partial charge in [0.2, 0.25) is 11.7 Å². The number of hydrogen-bond acceptors (Lipinski definition) is 6. The first kappa shape index (κ1) is 18.3. The first-order valence-corrected chi connectivity index (χ1v) is 10.00. The molecule has 4 rings (SSSR count). The second-order valence-electron chi connectivity index (χ2n) is 7.97. The summed E-state index contributed by atoms with van der Waals surface area (Å²) < 4.78 is 17.8. The van der Waals surface area contributed by atoms with Crippen LogP contribution in [0.1, 0.15) is 39.5 Å². The summed E-state index contributed by atoms with van der Waals surface area (Å²) in [5.74, 6) is 1.87. The first-order chi connectivity index (χ1) is 13.1. The van der Waals surface area contributed by atoms with Gasteiger partial charge in [-0.1, -0.05) is 0 Å². The number of amides is 1. The van der Waals surface area contributed by atoms with Gasteiger partial charge in [0.25, 0.3) is 5.88 Å². The van der Waals surface area contributed by atoms with Crippen molar-refractivity contribution in [3.8, 4) is 11.6 Å². The SMILES string of the molecule is CC(=O)N[C@@H](C)CO[C@H]1C[C@H](COc2nccc3c2OCC2CCCN32)C1. The van der Waals surface area contributed by atoms with Gasteiger partial charge >= 0.3 is 0 Å². The highest BCUT2D eigenvalue weighted by atomic mass is 16.5. The Morgan fingerprint density at radius 1 is 1.48 bits per heavy atom. The number of nitrogens with zero attached hydrogens (tertiary/aromatic N) is 2. The molecular formula is C20H29N3O4. The Morgan fingerprint density at radius 3 is 3.15 bits per heavy atom. The molecule has 3 aliphatic rings. The van der Waals surface area contributed by atoms with Crippen molar-refractivity contribution in [2.45, 2.75) is 57.7 Å². The lowest BCUT2D eigenvalue weighted by molar-refractivity contribution is -0.120. The molecule has 0 radical (unpaired) electrons. The maximum absolute atomic E-state index is 11.0. The topological polar surface area (TPSA) is 72.9 Å². The summed E-state index contributed by atoms with van der Waals surface area (Å²) in [5, 5.41) is 2.83. The number of hydrogen-bond donors (Lipinski definition) is 1. The second-order valence-corrected chi connectivity index (χ2v) is 7.97. The van der Waals surface area contributed by atoms with Crippen molar-refractivity contribution in [1.82, 2.24) is 10.3 Å².